The molecule has 21 heavy (non-hydrogen) atoms. The fourth-order valence-electron chi connectivity index (χ4n) is 1.48. The summed E-state index contributed by atoms with van der Waals surface area (Å²) in [6.07, 6.45) is -1.18. The number of halogens is 1. The molecule has 0 radical (unpaired) electrons. The van der Waals surface area contributed by atoms with Gasteiger partial charge in [-0.25, -0.2) is 9.18 Å². The lowest BCUT2D eigenvalue weighted by molar-refractivity contribution is -0.153. The molecular formula is C14H17FN2O4. The zero-order valence-electron chi connectivity index (χ0n) is 11.8. The van der Waals surface area contributed by atoms with E-state index in [-0.39, 0.29) is 6.42 Å². The van der Waals surface area contributed by atoms with Crippen molar-refractivity contribution in [2.24, 2.45) is 0 Å². The molecule has 0 aliphatic carbocycles. The van der Waals surface area contributed by atoms with Crippen molar-refractivity contribution in [2.45, 2.75) is 26.4 Å². The molecule has 1 rings (SSSR count). The second kappa shape index (κ2) is 7.98. The molecule has 0 aliphatic rings. The van der Waals surface area contributed by atoms with Crippen LogP contribution in [-0.2, 0) is 20.7 Å². The number of urea groups is 1. The number of amides is 3. The third kappa shape index (κ3) is 6.03. The molecule has 0 fully saturated rings. The Hall–Kier alpha value is -2.44. The fourth-order valence-corrected chi connectivity index (χ4v) is 1.48. The number of imide groups is 1. The maximum atomic E-state index is 12.7. The fraction of sp³-hybridized carbons (Fsp3) is 0.357. The van der Waals surface area contributed by atoms with Crippen molar-refractivity contribution >= 4 is 17.9 Å². The summed E-state index contributed by atoms with van der Waals surface area (Å²) in [5.74, 6) is -1.75. The molecule has 0 saturated heterocycles. The lowest BCUT2D eigenvalue weighted by atomic mass is 10.1. The van der Waals surface area contributed by atoms with Crippen LogP contribution in [0.3, 0.4) is 0 Å². The summed E-state index contributed by atoms with van der Waals surface area (Å²) in [6, 6.07) is 4.72. The smallest absolute Gasteiger partial charge is 0.321 e. The minimum Gasteiger partial charge on any atom is -0.452 e. The number of carbonyl (C=O) groups is 3. The monoisotopic (exact) mass is 296 g/mol. The standard InChI is InChI=1S/C14H17FN2O4/c1-3-16-14(20)17-13(19)9(2)21-12(18)8-10-4-6-11(15)7-5-10/h4-7,9H,3,8H2,1-2H3,(H2,16,17,19,20). The summed E-state index contributed by atoms with van der Waals surface area (Å²) >= 11 is 0. The van der Waals surface area contributed by atoms with Crippen molar-refractivity contribution < 1.29 is 23.5 Å². The first-order chi connectivity index (χ1) is 9.92. The molecule has 1 aromatic rings. The number of nitrogens with one attached hydrogen (secondary N) is 2. The van der Waals surface area contributed by atoms with E-state index in [4.69, 9.17) is 4.74 Å². The van der Waals surface area contributed by atoms with Gasteiger partial charge in [0.1, 0.15) is 5.82 Å². The number of carbonyl (C=O) groups excluding carboxylic acids is 3. The molecule has 1 aromatic carbocycles. The third-order valence-corrected chi connectivity index (χ3v) is 2.51. The molecular weight excluding hydrogens is 279 g/mol. The summed E-state index contributed by atoms with van der Waals surface area (Å²) < 4.78 is 17.6. The zero-order valence-corrected chi connectivity index (χ0v) is 11.8. The van der Waals surface area contributed by atoms with E-state index in [1.165, 1.54) is 31.2 Å². The van der Waals surface area contributed by atoms with Gasteiger partial charge in [-0.15, -0.1) is 0 Å². The highest BCUT2D eigenvalue weighted by Crippen LogP contribution is 2.05. The SMILES string of the molecule is CCNC(=O)NC(=O)C(C)OC(=O)Cc1ccc(F)cc1. The highest BCUT2D eigenvalue weighted by molar-refractivity contribution is 5.97. The molecule has 0 bridgehead atoms. The maximum Gasteiger partial charge on any atom is 0.321 e. The van der Waals surface area contributed by atoms with Crippen LogP contribution in [-0.4, -0.2) is 30.6 Å². The van der Waals surface area contributed by atoms with E-state index in [9.17, 15) is 18.8 Å². The van der Waals surface area contributed by atoms with Crippen LogP contribution < -0.4 is 10.6 Å². The molecule has 3 amide bonds. The van der Waals surface area contributed by atoms with Gasteiger partial charge in [-0.2, -0.15) is 0 Å². The molecule has 114 valence electrons. The Kier molecular flexibility index (Phi) is 6.32. The average molecular weight is 296 g/mol. The van der Waals surface area contributed by atoms with Crippen LogP contribution in [0.2, 0.25) is 0 Å². The second-order valence-electron chi connectivity index (χ2n) is 4.28. The van der Waals surface area contributed by atoms with Crippen LogP contribution >= 0.6 is 0 Å². The van der Waals surface area contributed by atoms with Gasteiger partial charge in [0.2, 0.25) is 0 Å². The van der Waals surface area contributed by atoms with E-state index in [1.807, 2.05) is 5.32 Å². The first-order valence-electron chi connectivity index (χ1n) is 6.45. The highest BCUT2D eigenvalue weighted by atomic mass is 19.1. The second-order valence-corrected chi connectivity index (χ2v) is 4.28. The predicted molar refractivity (Wildman–Crippen MR) is 72.9 cm³/mol. The molecule has 1 unspecified atom stereocenters. The minimum atomic E-state index is -1.10. The van der Waals surface area contributed by atoms with Gasteiger partial charge in [-0.05, 0) is 31.5 Å². The van der Waals surface area contributed by atoms with E-state index in [2.05, 4.69) is 5.32 Å². The largest absolute Gasteiger partial charge is 0.452 e. The molecule has 2 N–H and O–H groups in total. The maximum absolute atomic E-state index is 12.7. The zero-order chi connectivity index (χ0) is 15.8. The third-order valence-electron chi connectivity index (χ3n) is 2.51. The summed E-state index contributed by atoms with van der Waals surface area (Å²) in [7, 11) is 0. The Morgan fingerprint density at radius 3 is 2.43 bits per heavy atom. The summed E-state index contributed by atoms with van der Waals surface area (Å²) in [4.78, 5) is 34.3. The Bertz CT molecular complexity index is 516. The minimum absolute atomic E-state index is 0.0843. The molecule has 0 aromatic heterocycles. The number of esters is 1. The number of ether oxygens (including phenoxy) is 1. The lowest BCUT2D eigenvalue weighted by Crippen LogP contribution is -2.44. The topological polar surface area (TPSA) is 84.5 Å². The van der Waals surface area contributed by atoms with E-state index in [0.717, 1.165) is 0 Å². The van der Waals surface area contributed by atoms with Gasteiger partial charge in [0.15, 0.2) is 6.10 Å². The van der Waals surface area contributed by atoms with Crippen molar-refractivity contribution in [3.05, 3.63) is 35.6 Å². The molecule has 0 heterocycles. The van der Waals surface area contributed by atoms with Gasteiger partial charge in [0.25, 0.3) is 5.91 Å². The quantitative estimate of drug-likeness (QED) is 0.798. The van der Waals surface area contributed by atoms with Crippen LogP contribution in [0.5, 0.6) is 0 Å². The molecule has 0 aliphatic heterocycles. The van der Waals surface area contributed by atoms with Gasteiger partial charge >= 0.3 is 12.0 Å². The van der Waals surface area contributed by atoms with Gasteiger partial charge in [-0.3, -0.25) is 14.9 Å². The number of rotatable bonds is 5. The Morgan fingerprint density at radius 1 is 1.24 bits per heavy atom. The van der Waals surface area contributed by atoms with Crippen molar-refractivity contribution in [1.82, 2.24) is 10.6 Å². The molecule has 0 spiro atoms. The van der Waals surface area contributed by atoms with Crippen LogP contribution in [0.1, 0.15) is 19.4 Å². The average Bonchev–Trinajstić information content (AvgIpc) is 2.41. The Balaban J connectivity index is 2.44. The van der Waals surface area contributed by atoms with Gasteiger partial charge in [0, 0.05) is 6.54 Å². The number of hydrogen-bond donors (Lipinski definition) is 2. The molecule has 1 atom stereocenters. The van der Waals surface area contributed by atoms with Crippen molar-refractivity contribution in [2.75, 3.05) is 6.54 Å². The van der Waals surface area contributed by atoms with Crippen LogP contribution in [0.4, 0.5) is 9.18 Å². The Labute approximate surface area is 121 Å². The number of benzene rings is 1. The van der Waals surface area contributed by atoms with Crippen LogP contribution in [0.25, 0.3) is 0 Å². The van der Waals surface area contributed by atoms with Gasteiger partial charge in [-0.1, -0.05) is 12.1 Å². The first-order valence-corrected chi connectivity index (χ1v) is 6.45. The highest BCUT2D eigenvalue weighted by Gasteiger charge is 2.19. The van der Waals surface area contributed by atoms with E-state index in [0.29, 0.717) is 12.1 Å². The normalized spacial score (nSPS) is 11.4. The molecule has 0 saturated carbocycles. The van der Waals surface area contributed by atoms with Crippen molar-refractivity contribution in [3.8, 4) is 0 Å². The van der Waals surface area contributed by atoms with Crippen molar-refractivity contribution in [3.63, 3.8) is 0 Å². The number of hydrogen-bond acceptors (Lipinski definition) is 4. The van der Waals surface area contributed by atoms with Crippen LogP contribution in [0.15, 0.2) is 24.3 Å². The van der Waals surface area contributed by atoms with Crippen LogP contribution in [0, 0.1) is 5.82 Å². The van der Waals surface area contributed by atoms with Gasteiger partial charge in [0.05, 0.1) is 6.42 Å². The van der Waals surface area contributed by atoms with E-state index in [1.54, 1.807) is 6.92 Å². The molecule has 7 heteroatoms. The summed E-state index contributed by atoms with van der Waals surface area (Å²) in [6.45, 7) is 3.44. The lowest BCUT2D eigenvalue weighted by Gasteiger charge is -2.13. The molecule has 6 nitrogen and oxygen atoms in total. The summed E-state index contributed by atoms with van der Waals surface area (Å²) in [5.41, 5.74) is 0.567. The summed E-state index contributed by atoms with van der Waals surface area (Å²) in [5, 5.41) is 4.42. The van der Waals surface area contributed by atoms with E-state index >= 15 is 0 Å². The van der Waals surface area contributed by atoms with E-state index < -0.39 is 29.8 Å². The predicted octanol–water partition coefficient (Wildman–Crippen LogP) is 1.15. The first kappa shape index (κ1) is 16.6. The van der Waals surface area contributed by atoms with Gasteiger partial charge < -0.3 is 10.1 Å². The Morgan fingerprint density at radius 2 is 1.86 bits per heavy atom. The van der Waals surface area contributed by atoms with Crippen molar-refractivity contribution in [1.29, 1.82) is 0 Å².